The number of phenolic OH excluding ortho intramolecular Hbond substituents is 1. The molecule has 0 bridgehead atoms. The number of ether oxygens (including phenoxy) is 1. The van der Waals surface area contributed by atoms with Gasteiger partial charge in [0.15, 0.2) is 5.82 Å². The Kier molecular flexibility index (Phi) is 6.79. The lowest BCUT2D eigenvalue weighted by molar-refractivity contribution is -0.139. The van der Waals surface area contributed by atoms with Gasteiger partial charge in [-0.3, -0.25) is 14.7 Å². The van der Waals surface area contributed by atoms with Gasteiger partial charge in [0.1, 0.15) is 41.4 Å². The Labute approximate surface area is 263 Å². The number of aliphatic carboxylic acids is 1. The molecular weight excluding hydrogens is 599 g/mol. The number of aryl methyl sites for hydroxylation is 1. The molecular formula is C34H34F3N5O4. The Hall–Kier alpha value is -4.19. The van der Waals surface area contributed by atoms with E-state index in [0.717, 1.165) is 19.4 Å². The van der Waals surface area contributed by atoms with Gasteiger partial charge in [-0.2, -0.15) is 9.97 Å². The van der Waals surface area contributed by atoms with Gasteiger partial charge in [-0.05, 0) is 78.6 Å². The molecule has 2 aromatic heterocycles. The van der Waals surface area contributed by atoms with Gasteiger partial charge in [-0.25, -0.2) is 13.2 Å². The largest absolute Gasteiger partial charge is 0.508 e. The van der Waals surface area contributed by atoms with E-state index in [1.807, 2.05) is 4.90 Å². The number of hydrogen-bond donors (Lipinski definition) is 2. The molecule has 4 aromatic rings. The van der Waals surface area contributed by atoms with E-state index in [1.165, 1.54) is 24.4 Å². The minimum Gasteiger partial charge on any atom is -0.508 e. The summed E-state index contributed by atoms with van der Waals surface area (Å²) in [6.07, 6.45) is 3.60. The van der Waals surface area contributed by atoms with Crippen LogP contribution in [0.3, 0.4) is 0 Å². The maximum atomic E-state index is 16.8. The fourth-order valence-corrected chi connectivity index (χ4v) is 8.49. The highest BCUT2D eigenvalue weighted by Crippen LogP contribution is 2.52. The lowest BCUT2D eigenvalue weighted by Crippen LogP contribution is -2.43. The number of hydrogen-bond acceptors (Lipinski definition) is 8. The van der Waals surface area contributed by atoms with Crippen molar-refractivity contribution in [1.29, 1.82) is 0 Å². The zero-order valence-corrected chi connectivity index (χ0v) is 25.3. The van der Waals surface area contributed by atoms with E-state index in [9.17, 15) is 23.8 Å². The lowest BCUT2D eigenvalue weighted by Gasteiger charge is -2.31. The summed E-state index contributed by atoms with van der Waals surface area (Å²) in [5.41, 5.74) is -0.0179. The summed E-state index contributed by atoms with van der Waals surface area (Å²) in [6.45, 7) is 4.07. The predicted octanol–water partition coefficient (Wildman–Crippen LogP) is 5.50. The summed E-state index contributed by atoms with van der Waals surface area (Å²) in [5.74, 6) is -2.09. The number of fused-ring (bicyclic) bond motifs is 4. The molecule has 5 atom stereocenters. The Balaban J connectivity index is 1.25. The molecule has 8 rings (SSSR count). The van der Waals surface area contributed by atoms with Crippen LogP contribution in [0.25, 0.3) is 32.9 Å². The number of nitrogens with zero attached hydrogens (tertiary/aromatic N) is 5. The molecule has 2 aromatic carbocycles. The second kappa shape index (κ2) is 10.7. The van der Waals surface area contributed by atoms with Crippen LogP contribution in [0.4, 0.5) is 19.0 Å². The fraction of sp³-hybridized carbons (Fsp3) is 0.471. The van der Waals surface area contributed by atoms with E-state index in [4.69, 9.17) is 9.72 Å². The van der Waals surface area contributed by atoms with Crippen LogP contribution < -0.4 is 9.64 Å². The predicted molar refractivity (Wildman–Crippen MR) is 165 cm³/mol. The summed E-state index contributed by atoms with van der Waals surface area (Å²) in [6, 6.07) is 5.70. The van der Waals surface area contributed by atoms with Crippen molar-refractivity contribution in [2.45, 2.75) is 50.7 Å². The number of carboxylic acids is 1. The molecule has 4 aliphatic rings. The number of halogens is 3. The highest BCUT2D eigenvalue weighted by molar-refractivity contribution is 6.01. The molecule has 1 saturated carbocycles. The third kappa shape index (κ3) is 4.55. The molecule has 240 valence electrons. The van der Waals surface area contributed by atoms with Crippen LogP contribution in [0.1, 0.15) is 38.2 Å². The zero-order valence-electron chi connectivity index (χ0n) is 25.3. The Morgan fingerprint density at radius 3 is 2.80 bits per heavy atom. The SMILES string of the molecule is CCc1c(F)ccc2cc(O)cc(-c3ncc4c(N5CC[C@@H]6[C@H](C5)[C@@H]6C(=O)O)nc(OC[C@@]56CCCN5C[C@H](F)C6)nc4c3F)c12. The molecule has 9 nitrogen and oxygen atoms in total. The summed E-state index contributed by atoms with van der Waals surface area (Å²) >= 11 is 0. The topological polar surface area (TPSA) is 112 Å². The first-order valence-corrected chi connectivity index (χ1v) is 16.0. The first kappa shape index (κ1) is 29.2. The maximum absolute atomic E-state index is 16.8. The quantitative estimate of drug-likeness (QED) is 0.272. The van der Waals surface area contributed by atoms with Crippen molar-refractivity contribution in [3.8, 4) is 23.0 Å². The van der Waals surface area contributed by atoms with Gasteiger partial charge < -0.3 is 19.8 Å². The van der Waals surface area contributed by atoms with E-state index >= 15 is 4.39 Å². The molecule has 0 amide bonds. The summed E-state index contributed by atoms with van der Waals surface area (Å²) in [7, 11) is 0. The highest BCUT2D eigenvalue weighted by Gasteiger charge is 2.57. The number of aromatic nitrogens is 3. The van der Waals surface area contributed by atoms with Gasteiger partial charge in [0.25, 0.3) is 0 Å². The first-order chi connectivity index (χ1) is 22.2. The second-order valence-electron chi connectivity index (χ2n) is 13.3. The number of alkyl halides is 1. The van der Waals surface area contributed by atoms with Crippen molar-refractivity contribution >= 4 is 33.5 Å². The molecule has 4 fully saturated rings. The van der Waals surface area contributed by atoms with Crippen LogP contribution in [0.2, 0.25) is 0 Å². The van der Waals surface area contributed by atoms with Gasteiger partial charge in [-0.15, -0.1) is 0 Å². The van der Waals surface area contributed by atoms with Crippen LogP contribution in [0.15, 0.2) is 30.5 Å². The molecule has 2 N–H and O–H groups in total. The van der Waals surface area contributed by atoms with Gasteiger partial charge in [0.05, 0.1) is 16.8 Å². The van der Waals surface area contributed by atoms with E-state index in [0.29, 0.717) is 66.4 Å². The molecule has 46 heavy (non-hydrogen) atoms. The average molecular weight is 634 g/mol. The maximum Gasteiger partial charge on any atom is 0.319 e. The lowest BCUT2D eigenvalue weighted by atomic mass is 9.94. The summed E-state index contributed by atoms with van der Waals surface area (Å²) in [5, 5.41) is 21.5. The van der Waals surface area contributed by atoms with E-state index in [-0.39, 0.29) is 47.0 Å². The Morgan fingerprint density at radius 1 is 1.15 bits per heavy atom. The molecule has 3 saturated heterocycles. The third-order valence-corrected chi connectivity index (χ3v) is 10.7. The molecule has 1 aliphatic carbocycles. The number of pyridine rings is 1. The van der Waals surface area contributed by atoms with Crippen LogP contribution in [-0.2, 0) is 11.2 Å². The van der Waals surface area contributed by atoms with Gasteiger partial charge in [0.2, 0.25) is 0 Å². The minimum absolute atomic E-state index is 0.0374. The zero-order chi connectivity index (χ0) is 31.9. The van der Waals surface area contributed by atoms with E-state index < -0.39 is 35.2 Å². The molecule has 0 spiro atoms. The van der Waals surface area contributed by atoms with Crippen LogP contribution >= 0.6 is 0 Å². The van der Waals surface area contributed by atoms with Crippen LogP contribution in [0.5, 0.6) is 11.8 Å². The smallest absolute Gasteiger partial charge is 0.319 e. The molecule has 3 aliphatic heterocycles. The number of aromatic hydroxyl groups is 1. The van der Waals surface area contributed by atoms with Crippen molar-refractivity contribution in [3.63, 3.8) is 0 Å². The third-order valence-electron chi connectivity index (χ3n) is 10.7. The Morgan fingerprint density at radius 2 is 2.00 bits per heavy atom. The number of phenols is 1. The van der Waals surface area contributed by atoms with Crippen molar-refractivity contribution in [2.24, 2.45) is 17.8 Å². The molecule has 5 heterocycles. The van der Waals surface area contributed by atoms with Crippen molar-refractivity contribution in [1.82, 2.24) is 19.9 Å². The van der Waals surface area contributed by atoms with Crippen molar-refractivity contribution < 1.29 is 32.9 Å². The van der Waals surface area contributed by atoms with E-state index in [1.54, 1.807) is 13.0 Å². The highest BCUT2D eigenvalue weighted by atomic mass is 19.1. The number of rotatable bonds is 7. The average Bonchev–Trinajstić information content (AvgIpc) is 3.51. The second-order valence-corrected chi connectivity index (χ2v) is 13.3. The Bertz CT molecular complexity index is 1910. The van der Waals surface area contributed by atoms with Gasteiger partial charge >= 0.3 is 12.0 Å². The molecule has 12 heteroatoms. The first-order valence-electron chi connectivity index (χ1n) is 16.0. The van der Waals surface area contributed by atoms with Crippen LogP contribution in [0, 0.1) is 29.4 Å². The standard InChI is InChI=1S/C34H34F3N5O4/c1-2-20-25(36)5-4-17-10-19(43)11-22(26(17)20)29-28(37)30-23(13-38-29)31(41-9-6-21-24(15-41)27(21)32(44)45)40-33(39-30)46-16-34-7-3-8-42(34)14-18(35)12-34/h4-5,10-11,13,18,21,24,27,43H,2-3,6-9,12,14-16H2,1H3,(H,44,45)/t18-,21-,24+,27-,34+/m1/s1. The number of piperidine rings is 1. The van der Waals surface area contributed by atoms with Crippen molar-refractivity contribution in [3.05, 3.63) is 47.7 Å². The summed E-state index contributed by atoms with van der Waals surface area (Å²) < 4.78 is 52.4. The number of anilines is 1. The minimum atomic E-state index is -0.944. The molecule has 0 unspecified atom stereocenters. The normalized spacial score (nSPS) is 27.3. The van der Waals surface area contributed by atoms with Gasteiger partial charge in [-0.1, -0.05) is 13.0 Å². The van der Waals surface area contributed by atoms with E-state index in [2.05, 4.69) is 14.9 Å². The van der Waals surface area contributed by atoms with Crippen molar-refractivity contribution in [2.75, 3.05) is 37.7 Å². The monoisotopic (exact) mass is 633 g/mol. The molecule has 0 radical (unpaired) electrons. The number of carboxylic acid groups (broad SMARTS) is 1. The summed E-state index contributed by atoms with van der Waals surface area (Å²) in [4.78, 5) is 29.6. The fourth-order valence-electron chi connectivity index (χ4n) is 8.49. The van der Waals surface area contributed by atoms with Gasteiger partial charge in [0, 0.05) is 37.8 Å². The number of carbonyl (C=O) groups is 1. The van der Waals surface area contributed by atoms with Crippen LogP contribution in [-0.4, -0.2) is 80.5 Å². The number of benzene rings is 2.